The molecule has 0 spiro atoms. The number of benzene rings is 2. The maximum absolute atomic E-state index is 13.2. The third-order valence-corrected chi connectivity index (χ3v) is 4.87. The number of carbonyl (C=O) groups is 2. The van der Waals surface area contributed by atoms with Gasteiger partial charge in [0.2, 0.25) is 5.91 Å². The maximum atomic E-state index is 13.2. The van der Waals surface area contributed by atoms with E-state index in [1.807, 2.05) is 52.0 Å². The SMILES string of the molecule is CCNC(=O)C(NC(=O)c1nn(Cc2ccc(F)cc2)c2ccccc12)C(C)(C)C. The summed E-state index contributed by atoms with van der Waals surface area (Å²) in [5.74, 6) is -0.939. The van der Waals surface area contributed by atoms with Crippen LogP contribution in [0.5, 0.6) is 0 Å². The zero-order valence-corrected chi connectivity index (χ0v) is 17.7. The first kappa shape index (κ1) is 21.5. The lowest BCUT2D eigenvalue weighted by molar-refractivity contribution is -0.125. The number of fused-ring (bicyclic) bond motifs is 1. The van der Waals surface area contributed by atoms with E-state index in [-0.39, 0.29) is 17.4 Å². The lowest BCUT2D eigenvalue weighted by Crippen LogP contribution is -2.53. The second-order valence-electron chi connectivity index (χ2n) is 8.32. The summed E-state index contributed by atoms with van der Waals surface area (Å²) in [5.41, 5.74) is 1.44. The third-order valence-electron chi connectivity index (χ3n) is 4.87. The molecule has 3 aromatic rings. The number of aromatic nitrogens is 2. The molecule has 3 rings (SSSR count). The monoisotopic (exact) mass is 410 g/mol. The van der Waals surface area contributed by atoms with Crippen LogP contribution in [0, 0.1) is 11.2 Å². The Hall–Kier alpha value is -3.22. The highest BCUT2D eigenvalue weighted by atomic mass is 19.1. The number of para-hydroxylation sites is 1. The molecule has 0 aliphatic heterocycles. The van der Waals surface area contributed by atoms with Gasteiger partial charge in [0.1, 0.15) is 11.9 Å². The molecule has 1 atom stereocenters. The number of amides is 2. The van der Waals surface area contributed by atoms with Gasteiger partial charge >= 0.3 is 0 Å². The van der Waals surface area contributed by atoms with Crippen molar-refractivity contribution in [2.45, 2.75) is 40.3 Å². The normalized spacial score (nSPS) is 12.6. The minimum absolute atomic E-state index is 0.228. The van der Waals surface area contributed by atoms with Crippen molar-refractivity contribution in [3.8, 4) is 0 Å². The first-order valence-electron chi connectivity index (χ1n) is 9.99. The molecule has 1 unspecified atom stereocenters. The van der Waals surface area contributed by atoms with Gasteiger partial charge < -0.3 is 10.6 Å². The number of nitrogens with one attached hydrogen (secondary N) is 2. The van der Waals surface area contributed by atoms with E-state index in [1.54, 1.807) is 16.8 Å². The van der Waals surface area contributed by atoms with E-state index in [9.17, 15) is 14.0 Å². The maximum Gasteiger partial charge on any atom is 0.273 e. The Morgan fingerprint density at radius 2 is 1.77 bits per heavy atom. The van der Waals surface area contributed by atoms with E-state index < -0.39 is 17.4 Å². The van der Waals surface area contributed by atoms with Crippen molar-refractivity contribution in [2.75, 3.05) is 6.54 Å². The molecule has 30 heavy (non-hydrogen) atoms. The molecule has 6 nitrogen and oxygen atoms in total. The van der Waals surface area contributed by atoms with Crippen LogP contribution in [0.3, 0.4) is 0 Å². The van der Waals surface area contributed by atoms with Gasteiger partial charge in [0.25, 0.3) is 5.91 Å². The Kier molecular flexibility index (Phi) is 6.20. The van der Waals surface area contributed by atoms with Crippen LogP contribution in [-0.2, 0) is 11.3 Å². The molecule has 0 fully saturated rings. The summed E-state index contributed by atoms with van der Waals surface area (Å²) in [4.78, 5) is 25.6. The zero-order chi connectivity index (χ0) is 21.9. The summed E-state index contributed by atoms with van der Waals surface area (Å²) in [5, 5.41) is 10.9. The van der Waals surface area contributed by atoms with Crippen LogP contribution in [-0.4, -0.2) is 34.2 Å². The Morgan fingerprint density at radius 3 is 2.40 bits per heavy atom. The molecule has 158 valence electrons. The molecule has 7 heteroatoms. The summed E-state index contributed by atoms with van der Waals surface area (Å²) >= 11 is 0. The largest absolute Gasteiger partial charge is 0.355 e. The van der Waals surface area contributed by atoms with Gasteiger partial charge in [-0.15, -0.1) is 0 Å². The highest BCUT2D eigenvalue weighted by Crippen LogP contribution is 2.23. The number of nitrogens with zero attached hydrogens (tertiary/aromatic N) is 2. The molecule has 0 saturated heterocycles. The molecular formula is C23H27FN4O2. The van der Waals surface area contributed by atoms with Crippen LogP contribution >= 0.6 is 0 Å². The molecule has 0 bridgehead atoms. The second kappa shape index (κ2) is 8.65. The average molecular weight is 410 g/mol. The van der Waals surface area contributed by atoms with Crippen molar-refractivity contribution in [1.29, 1.82) is 0 Å². The van der Waals surface area contributed by atoms with Crippen molar-refractivity contribution >= 4 is 22.7 Å². The molecule has 0 aliphatic carbocycles. The van der Waals surface area contributed by atoms with Gasteiger partial charge in [-0.25, -0.2) is 4.39 Å². The van der Waals surface area contributed by atoms with Gasteiger partial charge in [0.05, 0.1) is 12.1 Å². The van der Waals surface area contributed by atoms with Crippen LogP contribution in [0.25, 0.3) is 10.9 Å². The smallest absolute Gasteiger partial charge is 0.273 e. The number of hydrogen-bond donors (Lipinski definition) is 2. The zero-order valence-electron chi connectivity index (χ0n) is 17.7. The molecule has 1 heterocycles. The number of carbonyl (C=O) groups excluding carboxylic acids is 2. The van der Waals surface area contributed by atoms with Crippen LogP contribution in [0.1, 0.15) is 43.7 Å². The van der Waals surface area contributed by atoms with Crippen LogP contribution in [0.2, 0.25) is 0 Å². The molecule has 2 aromatic carbocycles. The molecule has 0 radical (unpaired) electrons. The molecule has 1 aromatic heterocycles. The molecule has 2 amide bonds. The summed E-state index contributed by atoms with van der Waals surface area (Å²) in [7, 11) is 0. The second-order valence-corrected chi connectivity index (χ2v) is 8.32. The van der Waals surface area contributed by atoms with Crippen molar-refractivity contribution in [3.05, 3.63) is 65.6 Å². The third kappa shape index (κ3) is 4.67. The molecule has 2 N–H and O–H groups in total. The Morgan fingerprint density at radius 1 is 1.10 bits per heavy atom. The van der Waals surface area contributed by atoms with Crippen LogP contribution < -0.4 is 10.6 Å². The fourth-order valence-corrected chi connectivity index (χ4v) is 3.33. The predicted molar refractivity (Wildman–Crippen MR) is 115 cm³/mol. The van der Waals surface area contributed by atoms with Gasteiger partial charge in [0, 0.05) is 11.9 Å². The van der Waals surface area contributed by atoms with Crippen molar-refractivity contribution in [3.63, 3.8) is 0 Å². The van der Waals surface area contributed by atoms with Gasteiger partial charge in [-0.05, 0) is 36.1 Å². The Labute approximate surface area is 175 Å². The topological polar surface area (TPSA) is 76.0 Å². The summed E-state index contributed by atoms with van der Waals surface area (Å²) < 4.78 is 14.9. The van der Waals surface area contributed by atoms with Gasteiger partial charge in [-0.3, -0.25) is 14.3 Å². The van der Waals surface area contributed by atoms with Crippen LogP contribution in [0.15, 0.2) is 48.5 Å². The highest BCUT2D eigenvalue weighted by Gasteiger charge is 2.33. The highest BCUT2D eigenvalue weighted by molar-refractivity contribution is 6.06. The number of halogens is 1. The van der Waals surface area contributed by atoms with Crippen molar-refractivity contribution in [2.24, 2.45) is 5.41 Å². The van der Waals surface area contributed by atoms with Crippen molar-refractivity contribution in [1.82, 2.24) is 20.4 Å². The Balaban J connectivity index is 1.94. The molecule has 0 aliphatic rings. The molecule has 0 saturated carbocycles. The fourth-order valence-electron chi connectivity index (χ4n) is 3.33. The standard InChI is InChI=1S/C23H27FN4O2/c1-5-25-22(30)20(23(2,3)4)26-21(29)19-17-8-6-7-9-18(17)28(27-19)14-15-10-12-16(24)13-11-15/h6-13,20H,5,14H2,1-4H3,(H,25,30)(H,26,29). The predicted octanol–water partition coefficient (Wildman–Crippen LogP) is 3.50. The first-order valence-corrected chi connectivity index (χ1v) is 9.99. The van der Waals surface area contributed by atoms with E-state index in [2.05, 4.69) is 15.7 Å². The summed E-state index contributed by atoms with van der Waals surface area (Å²) in [6.45, 7) is 8.42. The average Bonchev–Trinajstić information content (AvgIpc) is 3.06. The van der Waals surface area contributed by atoms with Gasteiger partial charge in [-0.2, -0.15) is 5.10 Å². The van der Waals surface area contributed by atoms with Gasteiger partial charge in [0.15, 0.2) is 5.69 Å². The summed E-state index contributed by atoms with van der Waals surface area (Å²) in [6, 6.07) is 12.9. The Bertz CT molecular complexity index is 1050. The lowest BCUT2D eigenvalue weighted by Gasteiger charge is -2.30. The fraction of sp³-hybridized carbons (Fsp3) is 0.348. The quantitative estimate of drug-likeness (QED) is 0.653. The summed E-state index contributed by atoms with van der Waals surface area (Å²) in [6.07, 6.45) is 0. The van der Waals surface area contributed by atoms with Crippen LogP contribution in [0.4, 0.5) is 4.39 Å². The van der Waals surface area contributed by atoms with E-state index in [0.29, 0.717) is 18.5 Å². The number of hydrogen-bond acceptors (Lipinski definition) is 3. The van der Waals surface area contributed by atoms with E-state index >= 15 is 0 Å². The van der Waals surface area contributed by atoms with E-state index in [4.69, 9.17) is 0 Å². The first-order chi connectivity index (χ1) is 14.2. The minimum Gasteiger partial charge on any atom is -0.355 e. The number of likely N-dealkylation sites (N-methyl/N-ethyl adjacent to an activating group) is 1. The van der Waals surface area contributed by atoms with E-state index in [0.717, 1.165) is 11.1 Å². The molecular weight excluding hydrogens is 383 g/mol. The van der Waals surface area contributed by atoms with Gasteiger partial charge in [-0.1, -0.05) is 51.1 Å². The minimum atomic E-state index is -0.703. The van der Waals surface area contributed by atoms with E-state index in [1.165, 1.54) is 12.1 Å². The van der Waals surface area contributed by atoms with Crippen molar-refractivity contribution < 1.29 is 14.0 Å². The lowest BCUT2D eigenvalue weighted by atomic mass is 9.86. The number of rotatable bonds is 6.